The molecule has 306 valence electrons. The first-order chi connectivity index (χ1) is 31.9. The summed E-state index contributed by atoms with van der Waals surface area (Å²) in [5.74, 6) is 1.85. The monoisotopic (exact) mass is 849 g/mol. The number of aromatic nitrogens is 3. The molecule has 12 aromatic rings. The molecule has 0 fully saturated rings. The Labute approximate surface area is 380 Å². The number of nitrogens with zero attached hydrogens (tertiary/aromatic N) is 3. The predicted octanol–water partition coefficient (Wildman–Crippen LogP) is 16.4. The molecule has 0 atom stereocenters. The van der Waals surface area contributed by atoms with Gasteiger partial charge in [-0.3, -0.25) is 0 Å². The number of rotatable bonds is 6. The molecule has 0 aliphatic heterocycles. The van der Waals surface area contributed by atoms with Gasteiger partial charge in [0.15, 0.2) is 17.5 Å². The van der Waals surface area contributed by atoms with Crippen LogP contribution >= 0.6 is 11.3 Å². The van der Waals surface area contributed by atoms with Crippen LogP contribution in [0.2, 0.25) is 0 Å². The van der Waals surface area contributed by atoms with E-state index >= 15 is 0 Å². The number of benzene rings is 9. The molecule has 4 nitrogen and oxygen atoms in total. The van der Waals surface area contributed by atoms with Crippen molar-refractivity contribution in [3.63, 3.8) is 0 Å². The minimum Gasteiger partial charge on any atom is -0.456 e. The Kier molecular flexibility index (Phi) is 8.39. The zero-order valence-corrected chi connectivity index (χ0v) is 36.5. The first-order valence-electron chi connectivity index (χ1n) is 22.1. The first-order valence-corrected chi connectivity index (χ1v) is 22.9. The summed E-state index contributed by atoms with van der Waals surface area (Å²) in [5.41, 5.74) is 16.8. The fraction of sp³-hybridized carbons (Fsp3) is 0.0500. The number of fused-ring (bicyclic) bond motifs is 9. The van der Waals surface area contributed by atoms with Crippen LogP contribution in [0.1, 0.15) is 25.0 Å². The Hall–Kier alpha value is -7.99. The predicted molar refractivity (Wildman–Crippen MR) is 270 cm³/mol. The van der Waals surface area contributed by atoms with Crippen LogP contribution in [0.5, 0.6) is 0 Å². The third kappa shape index (κ3) is 6.07. The Balaban J connectivity index is 0.924. The summed E-state index contributed by atoms with van der Waals surface area (Å²) in [6.45, 7) is 4.67. The summed E-state index contributed by atoms with van der Waals surface area (Å²) in [5, 5.41) is 4.42. The van der Waals surface area contributed by atoms with Crippen LogP contribution in [0, 0.1) is 0 Å². The van der Waals surface area contributed by atoms with Gasteiger partial charge in [0.1, 0.15) is 11.2 Å². The van der Waals surface area contributed by atoms with Crippen molar-refractivity contribution in [3.8, 4) is 78.7 Å². The highest BCUT2D eigenvalue weighted by Crippen LogP contribution is 2.50. The van der Waals surface area contributed by atoms with E-state index in [0.717, 1.165) is 65.6 Å². The van der Waals surface area contributed by atoms with Crippen LogP contribution < -0.4 is 0 Å². The molecule has 0 amide bonds. The molecule has 0 N–H and O–H groups in total. The molecule has 13 rings (SSSR count). The molecule has 0 radical (unpaired) electrons. The number of thiophene rings is 1. The van der Waals surface area contributed by atoms with E-state index in [-0.39, 0.29) is 5.41 Å². The molecule has 3 heterocycles. The molecule has 0 saturated carbocycles. The molecule has 65 heavy (non-hydrogen) atoms. The molecular formula is C60H39N3OS. The van der Waals surface area contributed by atoms with Gasteiger partial charge in [-0.15, -0.1) is 11.3 Å². The topological polar surface area (TPSA) is 51.8 Å². The van der Waals surface area contributed by atoms with Gasteiger partial charge in [0, 0.05) is 53.1 Å². The molecule has 0 saturated heterocycles. The normalized spacial score (nSPS) is 12.9. The maximum absolute atomic E-state index is 6.57. The van der Waals surface area contributed by atoms with E-state index in [4.69, 9.17) is 19.4 Å². The third-order valence-corrected chi connectivity index (χ3v) is 14.6. The Morgan fingerprint density at radius 3 is 1.74 bits per heavy atom. The first kappa shape index (κ1) is 37.6. The standard InChI is InChI=1S/C60H39N3OS/c1-60(2)50-19-8-6-14-43(50)44-32-30-42(35-51(44)60)39-24-22-38(23-25-39)41-31-33-52-49(34-41)55-47(17-11-20-53(55)64-52)58-61-57(40-28-26-37(27-29-40)36-12-4-3-5-13-36)62-59(63-58)48-18-10-16-46-45-15-7-9-21-54(45)65-56(46)48/h3-35H,1-2H3. The van der Waals surface area contributed by atoms with E-state index in [1.165, 1.54) is 48.9 Å². The summed E-state index contributed by atoms with van der Waals surface area (Å²) in [7, 11) is 0. The van der Waals surface area contributed by atoms with Crippen molar-refractivity contribution in [2.75, 3.05) is 0 Å². The van der Waals surface area contributed by atoms with Gasteiger partial charge in [0.05, 0.1) is 0 Å². The van der Waals surface area contributed by atoms with Crippen LogP contribution in [0.3, 0.4) is 0 Å². The van der Waals surface area contributed by atoms with Crippen molar-refractivity contribution >= 4 is 53.4 Å². The molecule has 1 aliphatic carbocycles. The highest BCUT2D eigenvalue weighted by Gasteiger charge is 2.35. The van der Waals surface area contributed by atoms with Gasteiger partial charge in [0.2, 0.25) is 0 Å². The van der Waals surface area contributed by atoms with E-state index in [1.54, 1.807) is 11.3 Å². The molecule has 3 aromatic heterocycles. The van der Waals surface area contributed by atoms with E-state index in [1.807, 2.05) is 18.2 Å². The van der Waals surface area contributed by atoms with Crippen molar-refractivity contribution in [1.82, 2.24) is 15.0 Å². The second-order valence-corrected chi connectivity index (χ2v) is 18.6. The van der Waals surface area contributed by atoms with Crippen LogP contribution in [-0.2, 0) is 5.41 Å². The fourth-order valence-corrected chi connectivity index (χ4v) is 11.3. The van der Waals surface area contributed by atoms with Crippen molar-refractivity contribution in [1.29, 1.82) is 0 Å². The summed E-state index contributed by atoms with van der Waals surface area (Å²) >= 11 is 1.78. The molecular weight excluding hydrogens is 811 g/mol. The molecule has 9 aromatic carbocycles. The Morgan fingerprint density at radius 2 is 0.923 bits per heavy atom. The second kappa shape index (κ2) is 14.5. The van der Waals surface area contributed by atoms with Gasteiger partial charge in [0.25, 0.3) is 0 Å². The Morgan fingerprint density at radius 1 is 0.369 bits per heavy atom. The summed E-state index contributed by atoms with van der Waals surface area (Å²) in [4.78, 5) is 15.8. The smallest absolute Gasteiger partial charge is 0.165 e. The highest BCUT2D eigenvalue weighted by molar-refractivity contribution is 7.26. The van der Waals surface area contributed by atoms with Crippen molar-refractivity contribution in [2.24, 2.45) is 0 Å². The molecule has 1 aliphatic rings. The summed E-state index contributed by atoms with van der Waals surface area (Å²) in [6, 6.07) is 71.3. The quantitative estimate of drug-likeness (QED) is 0.167. The zero-order chi connectivity index (χ0) is 43.2. The van der Waals surface area contributed by atoms with Gasteiger partial charge in [-0.25, -0.2) is 15.0 Å². The Bertz CT molecular complexity index is 3840. The number of hydrogen-bond acceptors (Lipinski definition) is 5. The lowest BCUT2D eigenvalue weighted by molar-refractivity contribution is 0.660. The SMILES string of the molecule is CC1(C)c2ccccc2-c2ccc(-c3ccc(-c4ccc5oc6cccc(-c7nc(-c8ccc(-c9ccccc9)cc8)nc(-c8cccc9c8sc8ccccc89)n7)c6c5c4)cc3)cc21. The lowest BCUT2D eigenvalue weighted by atomic mass is 9.81. The minimum absolute atomic E-state index is 0.0463. The molecule has 0 spiro atoms. The number of hydrogen-bond donors (Lipinski definition) is 0. The maximum atomic E-state index is 6.57. The lowest BCUT2D eigenvalue weighted by Crippen LogP contribution is -2.14. The minimum atomic E-state index is -0.0463. The zero-order valence-electron chi connectivity index (χ0n) is 35.7. The van der Waals surface area contributed by atoms with Crippen molar-refractivity contribution in [3.05, 3.63) is 211 Å². The molecule has 0 bridgehead atoms. The van der Waals surface area contributed by atoms with Gasteiger partial charge >= 0.3 is 0 Å². The van der Waals surface area contributed by atoms with Crippen LogP contribution in [0.4, 0.5) is 0 Å². The largest absolute Gasteiger partial charge is 0.456 e. The van der Waals surface area contributed by atoms with E-state index in [2.05, 4.69) is 196 Å². The van der Waals surface area contributed by atoms with Gasteiger partial charge < -0.3 is 4.42 Å². The number of furan rings is 1. The second-order valence-electron chi connectivity index (χ2n) is 17.5. The molecule has 5 heteroatoms. The van der Waals surface area contributed by atoms with Crippen LogP contribution in [0.15, 0.2) is 205 Å². The average molecular weight is 850 g/mol. The molecule has 0 unspecified atom stereocenters. The fourth-order valence-electron chi connectivity index (χ4n) is 10.0. The third-order valence-electron chi connectivity index (χ3n) is 13.4. The van der Waals surface area contributed by atoms with Gasteiger partial charge in [-0.2, -0.15) is 0 Å². The van der Waals surface area contributed by atoms with E-state index < -0.39 is 0 Å². The van der Waals surface area contributed by atoms with Crippen molar-refractivity contribution in [2.45, 2.75) is 19.3 Å². The van der Waals surface area contributed by atoms with Crippen molar-refractivity contribution < 1.29 is 4.42 Å². The van der Waals surface area contributed by atoms with E-state index in [0.29, 0.717) is 17.5 Å². The summed E-state index contributed by atoms with van der Waals surface area (Å²) < 4.78 is 8.96. The maximum Gasteiger partial charge on any atom is 0.165 e. The highest BCUT2D eigenvalue weighted by atomic mass is 32.1. The van der Waals surface area contributed by atoms with Crippen LogP contribution in [0.25, 0.3) is 121 Å². The average Bonchev–Trinajstić information content (AvgIpc) is 4.01. The summed E-state index contributed by atoms with van der Waals surface area (Å²) in [6.07, 6.45) is 0. The van der Waals surface area contributed by atoms with Gasteiger partial charge in [-0.05, 0) is 92.0 Å². The lowest BCUT2D eigenvalue weighted by Gasteiger charge is -2.22. The van der Waals surface area contributed by atoms with E-state index in [9.17, 15) is 0 Å². The van der Waals surface area contributed by atoms with Crippen LogP contribution in [-0.4, -0.2) is 15.0 Å². The van der Waals surface area contributed by atoms with Gasteiger partial charge in [-0.1, -0.05) is 178 Å².